The quantitative estimate of drug-likeness (QED) is 0.861. The second-order valence-electron chi connectivity index (χ2n) is 5.79. The van der Waals surface area contributed by atoms with Gasteiger partial charge in [-0.1, -0.05) is 45.0 Å². The summed E-state index contributed by atoms with van der Waals surface area (Å²) in [5.41, 5.74) is 9.65. The first-order valence-electron chi connectivity index (χ1n) is 7.37. The van der Waals surface area contributed by atoms with E-state index in [4.69, 9.17) is 10.7 Å². The summed E-state index contributed by atoms with van der Waals surface area (Å²) in [5, 5.41) is 3.27. The first-order valence-corrected chi connectivity index (χ1v) is 8.25. The highest BCUT2D eigenvalue weighted by Gasteiger charge is 2.08. The minimum absolute atomic E-state index is 0.224. The molecule has 1 unspecified atom stereocenters. The van der Waals surface area contributed by atoms with E-state index in [1.54, 1.807) is 11.3 Å². The molecule has 1 aromatic heterocycles. The van der Waals surface area contributed by atoms with Gasteiger partial charge in [0.1, 0.15) is 0 Å². The lowest BCUT2D eigenvalue weighted by molar-refractivity contribution is 0.644. The van der Waals surface area contributed by atoms with Gasteiger partial charge < -0.3 is 5.73 Å². The standard InChI is InChI=1S/C17H24N2S/c1-4-15(18)10-17-19-16(11-20-17)14-7-5-13(6-8-14)9-12(2)3/h5-8,11-12,15H,4,9-10,18H2,1-3H3. The molecule has 0 saturated heterocycles. The van der Waals surface area contributed by atoms with Gasteiger partial charge in [0.05, 0.1) is 10.7 Å². The normalized spacial score (nSPS) is 12.8. The SMILES string of the molecule is CCC(N)Cc1nc(-c2ccc(CC(C)C)cc2)cs1. The van der Waals surface area contributed by atoms with Crippen LogP contribution in [0.1, 0.15) is 37.8 Å². The third kappa shape index (κ3) is 4.15. The Labute approximate surface area is 126 Å². The zero-order valence-corrected chi connectivity index (χ0v) is 13.4. The van der Waals surface area contributed by atoms with Gasteiger partial charge in [-0.15, -0.1) is 11.3 Å². The molecule has 1 aromatic carbocycles. The number of nitrogens with zero attached hydrogens (tertiary/aromatic N) is 1. The maximum atomic E-state index is 5.99. The van der Waals surface area contributed by atoms with Crippen LogP contribution in [0.2, 0.25) is 0 Å². The van der Waals surface area contributed by atoms with Crippen molar-refractivity contribution < 1.29 is 0 Å². The summed E-state index contributed by atoms with van der Waals surface area (Å²) < 4.78 is 0. The molecule has 0 bridgehead atoms. The molecule has 1 atom stereocenters. The molecule has 2 aromatic rings. The van der Waals surface area contributed by atoms with Crippen molar-refractivity contribution in [2.24, 2.45) is 11.7 Å². The highest BCUT2D eigenvalue weighted by atomic mass is 32.1. The lowest BCUT2D eigenvalue weighted by Gasteiger charge is -2.06. The van der Waals surface area contributed by atoms with E-state index in [9.17, 15) is 0 Å². The maximum Gasteiger partial charge on any atom is 0.0948 e. The number of rotatable bonds is 6. The van der Waals surface area contributed by atoms with Crippen molar-refractivity contribution in [1.82, 2.24) is 4.98 Å². The fourth-order valence-electron chi connectivity index (χ4n) is 2.19. The Morgan fingerprint density at radius 2 is 1.85 bits per heavy atom. The second-order valence-corrected chi connectivity index (χ2v) is 6.74. The molecule has 0 saturated carbocycles. The van der Waals surface area contributed by atoms with E-state index in [-0.39, 0.29) is 6.04 Å². The Morgan fingerprint density at radius 1 is 1.15 bits per heavy atom. The summed E-state index contributed by atoms with van der Waals surface area (Å²) in [6.07, 6.45) is 3.01. The van der Waals surface area contributed by atoms with E-state index >= 15 is 0 Å². The van der Waals surface area contributed by atoms with Crippen LogP contribution < -0.4 is 5.73 Å². The van der Waals surface area contributed by atoms with E-state index in [0.29, 0.717) is 5.92 Å². The number of hydrogen-bond acceptors (Lipinski definition) is 3. The van der Waals surface area contributed by atoms with Gasteiger partial charge in [-0.05, 0) is 24.3 Å². The number of nitrogens with two attached hydrogens (primary N) is 1. The van der Waals surface area contributed by atoms with Gasteiger partial charge >= 0.3 is 0 Å². The highest BCUT2D eigenvalue weighted by Crippen LogP contribution is 2.23. The van der Waals surface area contributed by atoms with Gasteiger partial charge in [-0.2, -0.15) is 0 Å². The van der Waals surface area contributed by atoms with Gasteiger partial charge in [0, 0.05) is 23.4 Å². The minimum atomic E-state index is 0.224. The first kappa shape index (κ1) is 15.2. The number of thiazole rings is 1. The molecule has 0 fully saturated rings. The van der Waals surface area contributed by atoms with Crippen LogP contribution in [0.15, 0.2) is 29.6 Å². The Morgan fingerprint density at radius 3 is 2.45 bits per heavy atom. The lowest BCUT2D eigenvalue weighted by Crippen LogP contribution is -2.21. The van der Waals surface area contributed by atoms with E-state index in [1.165, 1.54) is 11.1 Å². The zero-order chi connectivity index (χ0) is 14.5. The largest absolute Gasteiger partial charge is 0.327 e. The van der Waals surface area contributed by atoms with E-state index < -0.39 is 0 Å². The monoisotopic (exact) mass is 288 g/mol. The third-order valence-corrected chi connectivity index (χ3v) is 4.28. The Balaban J connectivity index is 2.08. The molecule has 0 spiro atoms. The van der Waals surface area contributed by atoms with Crippen molar-refractivity contribution in [3.63, 3.8) is 0 Å². The third-order valence-electron chi connectivity index (χ3n) is 3.41. The molecule has 0 radical (unpaired) electrons. The van der Waals surface area contributed by atoms with E-state index in [0.717, 1.165) is 30.0 Å². The molecule has 3 heteroatoms. The zero-order valence-electron chi connectivity index (χ0n) is 12.6. The molecule has 1 heterocycles. The smallest absolute Gasteiger partial charge is 0.0948 e. The summed E-state index contributed by atoms with van der Waals surface area (Å²) in [6, 6.07) is 9.01. The van der Waals surface area contributed by atoms with Crippen LogP contribution in [0.25, 0.3) is 11.3 Å². The fourth-order valence-corrected chi connectivity index (χ4v) is 3.09. The topological polar surface area (TPSA) is 38.9 Å². The second kappa shape index (κ2) is 7.00. The number of hydrogen-bond donors (Lipinski definition) is 1. The molecule has 0 aliphatic heterocycles. The van der Waals surface area contributed by atoms with Crippen LogP contribution in [-0.4, -0.2) is 11.0 Å². The van der Waals surface area contributed by atoms with Crippen molar-refractivity contribution in [3.05, 3.63) is 40.2 Å². The van der Waals surface area contributed by atoms with Crippen molar-refractivity contribution in [3.8, 4) is 11.3 Å². The lowest BCUT2D eigenvalue weighted by atomic mass is 10.0. The van der Waals surface area contributed by atoms with Gasteiger partial charge in [0.15, 0.2) is 0 Å². The van der Waals surface area contributed by atoms with Crippen molar-refractivity contribution >= 4 is 11.3 Å². The molecule has 2 N–H and O–H groups in total. The van der Waals surface area contributed by atoms with Crippen LogP contribution in [-0.2, 0) is 12.8 Å². The molecule has 0 amide bonds. The van der Waals surface area contributed by atoms with Crippen molar-refractivity contribution in [1.29, 1.82) is 0 Å². The Hall–Kier alpha value is -1.19. The summed E-state index contributed by atoms with van der Waals surface area (Å²) >= 11 is 1.71. The van der Waals surface area contributed by atoms with Crippen molar-refractivity contribution in [2.45, 2.75) is 46.1 Å². The summed E-state index contributed by atoms with van der Waals surface area (Å²) in [6.45, 7) is 6.61. The van der Waals surface area contributed by atoms with Crippen LogP contribution in [0, 0.1) is 5.92 Å². The van der Waals surface area contributed by atoms with Gasteiger partial charge in [-0.25, -0.2) is 4.98 Å². The highest BCUT2D eigenvalue weighted by molar-refractivity contribution is 7.09. The summed E-state index contributed by atoms with van der Waals surface area (Å²) in [7, 11) is 0. The van der Waals surface area contributed by atoms with Crippen molar-refractivity contribution in [2.75, 3.05) is 0 Å². The van der Waals surface area contributed by atoms with Crippen LogP contribution >= 0.6 is 11.3 Å². The predicted molar refractivity (Wildman–Crippen MR) is 88.1 cm³/mol. The van der Waals surface area contributed by atoms with Gasteiger partial charge in [-0.3, -0.25) is 0 Å². The predicted octanol–water partition coefficient (Wildman–Crippen LogP) is 4.29. The minimum Gasteiger partial charge on any atom is -0.327 e. The van der Waals surface area contributed by atoms with E-state index in [1.807, 2.05) is 0 Å². The molecule has 2 nitrogen and oxygen atoms in total. The van der Waals surface area contributed by atoms with Crippen LogP contribution in [0.4, 0.5) is 0 Å². The molecular formula is C17H24N2S. The van der Waals surface area contributed by atoms with Crippen LogP contribution in [0.5, 0.6) is 0 Å². The average Bonchev–Trinajstić information content (AvgIpc) is 2.87. The Bertz CT molecular complexity index is 528. The summed E-state index contributed by atoms with van der Waals surface area (Å²) in [5.74, 6) is 0.697. The molecule has 2 rings (SSSR count). The summed E-state index contributed by atoms with van der Waals surface area (Å²) in [4.78, 5) is 4.70. The maximum absolute atomic E-state index is 5.99. The van der Waals surface area contributed by atoms with E-state index in [2.05, 4.69) is 50.4 Å². The average molecular weight is 288 g/mol. The molecule has 0 aliphatic carbocycles. The first-order chi connectivity index (χ1) is 9.58. The number of benzene rings is 1. The van der Waals surface area contributed by atoms with Crippen LogP contribution in [0.3, 0.4) is 0 Å². The Kier molecular flexibility index (Phi) is 5.32. The van der Waals surface area contributed by atoms with Gasteiger partial charge in [0.25, 0.3) is 0 Å². The number of aromatic nitrogens is 1. The van der Waals surface area contributed by atoms with Gasteiger partial charge in [0.2, 0.25) is 0 Å². The molecule has 20 heavy (non-hydrogen) atoms. The molecular weight excluding hydrogens is 264 g/mol. The molecule has 0 aliphatic rings. The fraction of sp³-hybridized carbons (Fsp3) is 0.471. The molecule has 108 valence electrons.